The minimum Gasteiger partial charge on any atom is -0.487 e. The number of carbonyl (C=O) groups is 1. The molecule has 30 heavy (non-hydrogen) atoms. The number of halogens is 3. The normalized spacial score (nSPS) is 10.9. The Labute approximate surface area is 198 Å². The topological polar surface area (TPSA) is 62.1 Å². The van der Waals surface area contributed by atoms with Crippen LogP contribution in [0.5, 0.6) is 5.75 Å². The minimum absolute atomic E-state index is 0.0327. The third-order valence-corrected chi connectivity index (χ3v) is 5.39. The van der Waals surface area contributed by atoms with Gasteiger partial charge in [-0.2, -0.15) is 5.26 Å². The van der Waals surface area contributed by atoms with Crippen molar-refractivity contribution in [1.29, 1.82) is 5.26 Å². The number of nitrogens with one attached hydrogen (secondary N) is 1. The summed E-state index contributed by atoms with van der Waals surface area (Å²) in [5, 5.41) is 13.1. The fourth-order valence-electron chi connectivity index (χ4n) is 2.57. The van der Waals surface area contributed by atoms with Gasteiger partial charge in [-0.25, -0.2) is 0 Å². The monoisotopic (exact) mass is 548 g/mol. The summed E-state index contributed by atoms with van der Waals surface area (Å²) in [6.07, 6.45) is 1.48. The summed E-state index contributed by atoms with van der Waals surface area (Å²) in [6, 6.07) is 21.7. The molecule has 0 atom stereocenters. The molecule has 1 N–H and O–H groups in total. The van der Waals surface area contributed by atoms with Crippen LogP contribution in [0.1, 0.15) is 11.1 Å². The van der Waals surface area contributed by atoms with Gasteiger partial charge in [-0.3, -0.25) is 4.79 Å². The summed E-state index contributed by atoms with van der Waals surface area (Å²) in [7, 11) is 0. The Hall–Kier alpha value is -2.53. The second-order valence-electron chi connectivity index (χ2n) is 6.20. The Balaban J connectivity index is 1.72. The summed E-state index contributed by atoms with van der Waals surface area (Å²) >= 11 is 14.6. The Bertz CT molecular complexity index is 1160. The van der Waals surface area contributed by atoms with Crippen LogP contribution in [0.3, 0.4) is 0 Å². The zero-order valence-corrected chi connectivity index (χ0v) is 19.2. The van der Waals surface area contributed by atoms with Crippen LogP contribution in [0.4, 0.5) is 5.69 Å². The maximum absolute atomic E-state index is 12.4. The lowest BCUT2D eigenvalue weighted by Gasteiger charge is -2.10. The van der Waals surface area contributed by atoms with Crippen molar-refractivity contribution >= 4 is 63.5 Å². The Morgan fingerprint density at radius 2 is 1.87 bits per heavy atom. The summed E-state index contributed by atoms with van der Waals surface area (Å²) in [5.41, 5.74) is 2.04. The predicted molar refractivity (Wildman–Crippen MR) is 129 cm³/mol. The Morgan fingerprint density at radius 3 is 2.57 bits per heavy atom. The van der Waals surface area contributed by atoms with Crippen LogP contribution < -0.4 is 10.1 Å². The lowest BCUT2D eigenvalue weighted by molar-refractivity contribution is -0.112. The molecule has 0 spiro atoms. The van der Waals surface area contributed by atoms with E-state index < -0.39 is 5.91 Å². The molecule has 0 fully saturated rings. The fourth-order valence-corrected chi connectivity index (χ4v) is 3.55. The van der Waals surface area contributed by atoms with Gasteiger partial charge >= 0.3 is 0 Å². The number of hydrogen-bond donors (Lipinski definition) is 1. The van der Waals surface area contributed by atoms with E-state index in [1.807, 2.05) is 42.5 Å². The first-order valence-corrected chi connectivity index (χ1v) is 10.6. The van der Waals surface area contributed by atoms with E-state index in [0.717, 1.165) is 9.13 Å². The number of nitriles is 1. The molecule has 0 heterocycles. The van der Waals surface area contributed by atoms with Gasteiger partial charge in [0.15, 0.2) is 0 Å². The highest BCUT2D eigenvalue weighted by atomic mass is 127. The molecular formula is C23H15Cl2IN2O2. The van der Waals surface area contributed by atoms with Crippen molar-refractivity contribution < 1.29 is 9.53 Å². The third-order valence-electron chi connectivity index (χ3n) is 4.06. The van der Waals surface area contributed by atoms with Crippen molar-refractivity contribution in [3.05, 3.63) is 97.0 Å². The number of anilines is 1. The maximum Gasteiger partial charge on any atom is 0.266 e. The largest absolute Gasteiger partial charge is 0.487 e. The predicted octanol–water partition coefficient (Wildman–Crippen LogP) is 6.72. The molecule has 0 unspecified atom stereocenters. The van der Waals surface area contributed by atoms with Crippen LogP contribution in [0, 0.1) is 14.9 Å². The molecule has 0 radical (unpaired) electrons. The van der Waals surface area contributed by atoms with Gasteiger partial charge < -0.3 is 10.1 Å². The molecule has 7 heteroatoms. The molecule has 3 aromatic carbocycles. The van der Waals surface area contributed by atoms with E-state index in [4.69, 9.17) is 27.9 Å². The average molecular weight is 549 g/mol. The average Bonchev–Trinajstić information content (AvgIpc) is 2.72. The van der Waals surface area contributed by atoms with Gasteiger partial charge in [0.2, 0.25) is 0 Å². The molecule has 0 aliphatic heterocycles. The van der Waals surface area contributed by atoms with E-state index >= 15 is 0 Å². The summed E-state index contributed by atoms with van der Waals surface area (Å²) < 4.78 is 6.72. The lowest BCUT2D eigenvalue weighted by Crippen LogP contribution is -2.13. The van der Waals surface area contributed by atoms with Crippen molar-refractivity contribution in [2.24, 2.45) is 0 Å². The highest BCUT2D eigenvalue weighted by Crippen LogP contribution is 2.28. The van der Waals surface area contributed by atoms with Crippen molar-refractivity contribution in [3.8, 4) is 11.8 Å². The van der Waals surface area contributed by atoms with Gasteiger partial charge in [0, 0.05) is 19.8 Å². The van der Waals surface area contributed by atoms with Crippen LogP contribution in [0.15, 0.2) is 72.3 Å². The van der Waals surface area contributed by atoms with Crippen molar-refractivity contribution in [3.63, 3.8) is 0 Å². The van der Waals surface area contributed by atoms with E-state index in [9.17, 15) is 10.1 Å². The molecule has 1 amide bonds. The van der Waals surface area contributed by atoms with Gasteiger partial charge in [-0.1, -0.05) is 53.5 Å². The second-order valence-corrected chi connectivity index (χ2v) is 8.26. The molecule has 0 bridgehead atoms. The molecule has 3 aromatic rings. The lowest BCUT2D eigenvalue weighted by atomic mass is 10.1. The molecule has 3 rings (SSSR count). The summed E-state index contributed by atoms with van der Waals surface area (Å²) in [4.78, 5) is 12.4. The maximum atomic E-state index is 12.4. The van der Waals surface area contributed by atoms with Gasteiger partial charge in [0.1, 0.15) is 24.0 Å². The zero-order valence-electron chi connectivity index (χ0n) is 15.5. The molecule has 0 aromatic heterocycles. The van der Waals surface area contributed by atoms with Crippen molar-refractivity contribution in [2.75, 3.05) is 5.32 Å². The number of benzene rings is 3. The van der Waals surface area contributed by atoms with Crippen LogP contribution in [-0.2, 0) is 11.4 Å². The number of carbonyl (C=O) groups excluding carboxylic acids is 1. The molecule has 0 saturated carbocycles. The number of amides is 1. The zero-order chi connectivity index (χ0) is 21.5. The molecule has 0 saturated heterocycles. The second kappa shape index (κ2) is 10.5. The molecule has 4 nitrogen and oxygen atoms in total. The Morgan fingerprint density at radius 1 is 1.07 bits per heavy atom. The molecule has 0 aliphatic rings. The van der Waals surface area contributed by atoms with E-state index in [1.165, 1.54) is 6.08 Å². The van der Waals surface area contributed by atoms with Gasteiger partial charge in [-0.05, 0) is 70.6 Å². The minimum atomic E-state index is -0.491. The van der Waals surface area contributed by atoms with E-state index in [0.29, 0.717) is 27.0 Å². The standard InChI is InChI=1S/C23H15Cl2IN2O2/c24-20-7-2-1-4-16(20)14-30-22-9-8-15(11-21(22)25)10-17(13-27)23(29)28-19-6-3-5-18(26)12-19/h1-12H,14H2,(H,28,29)/b17-10+. The SMILES string of the molecule is N#C/C(=C\c1ccc(OCc2ccccc2Cl)c(Cl)c1)C(=O)Nc1cccc(I)c1. The Kier molecular flexibility index (Phi) is 7.75. The van der Waals surface area contributed by atoms with Crippen molar-refractivity contribution in [2.45, 2.75) is 6.61 Å². The van der Waals surface area contributed by atoms with Crippen LogP contribution in [0.2, 0.25) is 10.0 Å². The molecule has 150 valence electrons. The highest BCUT2D eigenvalue weighted by Gasteiger charge is 2.11. The highest BCUT2D eigenvalue weighted by molar-refractivity contribution is 14.1. The van der Waals surface area contributed by atoms with Crippen LogP contribution in [-0.4, -0.2) is 5.91 Å². The summed E-state index contributed by atoms with van der Waals surface area (Å²) in [5.74, 6) is -0.00905. The first-order valence-electron chi connectivity index (χ1n) is 8.81. The van der Waals surface area contributed by atoms with E-state index in [2.05, 4.69) is 27.9 Å². The van der Waals surface area contributed by atoms with Crippen LogP contribution >= 0.6 is 45.8 Å². The van der Waals surface area contributed by atoms with E-state index in [1.54, 1.807) is 30.3 Å². The molecular weight excluding hydrogens is 534 g/mol. The van der Waals surface area contributed by atoms with Gasteiger partial charge in [0.25, 0.3) is 5.91 Å². The fraction of sp³-hybridized carbons (Fsp3) is 0.0435. The third kappa shape index (κ3) is 5.99. The van der Waals surface area contributed by atoms with E-state index in [-0.39, 0.29) is 12.2 Å². The first-order chi connectivity index (χ1) is 14.5. The van der Waals surface area contributed by atoms with Crippen molar-refractivity contribution in [1.82, 2.24) is 0 Å². The molecule has 0 aliphatic carbocycles. The quantitative estimate of drug-likeness (QED) is 0.211. The number of rotatable bonds is 6. The number of nitrogens with zero attached hydrogens (tertiary/aromatic N) is 1. The number of ether oxygens (including phenoxy) is 1. The smallest absolute Gasteiger partial charge is 0.266 e. The van der Waals surface area contributed by atoms with Gasteiger partial charge in [0.05, 0.1) is 5.02 Å². The summed E-state index contributed by atoms with van der Waals surface area (Å²) in [6.45, 7) is 0.274. The first kappa shape index (κ1) is 22.2. The number of hydrogen-bond acceptors (Lipinski definition) is 3. The van der Waals surface area contributed by atoms with Crippen LogP contribution in [0.25, 0.3) is 6.08 Å². The van der Waals surface area contributed by atoms with Gasteiger partial charge in [-0.15, -0.1) is 0 Å².